The summed E-state index contributed by atoms with van der Waals surface area (Å²) < 4.78 is 19.0. The molecule has 1 aromatic rings. The number of nitrogens with one attached hydrogen (secondary N) is 2. The fourth-order valence-electron chi connectivity index (χ4n) is 2.66. The highest BCUT2D eigenvalue weighted by atomic mass is 19.1. The molecule has 0 atom stereocenters. The number of guanidine groups is 1. The van der Waals surface area contributed by atoms with Gasteiger partial charge in [-0.15, -0.1) is 0 Å². The van der Waals surface area contributed by atoms with Gasteiger partial charge in [-0.2, -0.15) is 0 Å². The van der Waals surface area contributed by atoms with E-state index in [0.29, 0.717) is 18.7 Å². The van der Waals surface area contributed by atoms with E-state index in [-0.39, 0.29) is 5.82 Å². The highest BCUT2D eigenvalue weighted by molar-refractivity contribution is 5.79. The van der Waals surface area contributed by atoms with E-state index >= 15 is 0 Å². The molecular weight excluding hydrogens is 345 g/mol. The van der Waals surface area contributed by atoms with Crippen molar-refractivity contribution in [3.63, 3.8) is 0 Å². The van der Waals surface area contributed by atoms with Gasteiger partial charge in [0, 0.05) is 52.0 Å². The van der Waals surface area contributed by atoms with Crippen LogP contribution in [-0.2, 0) is 17.8 Å². The summed E-state index contributed by atoms with van der Waals surface area (Å²) in [4.78, 5) is 8.85. The van der Waals surface area contributed by atoms with E-state index in [4.69, 9.17) is 4.74 Å². The topological polar surface area (TPSA) is 52.1 Å². The Bertz CT molecular complexity index is 565. The second-order valence-corrected chi connectivity index (χ2v) is 6.94. The van der Waals surface area contributed by atoms with Crippen molar-refractivity contribution in [2.45, 2.75) is 26.4 Å². The van der Waals surface area contributed by atoms with Crippen LogP contribution in [0.25, 0.3) is 0 Å². The molecule has 154 valence electrons. The Morgan fingerprint density at radius 3 is 2.63 bits per heavy atom. The molecule has 27 heavy (non-hydrogen) atoms. The highest BCUT2D eigenvalue weighted by Gasteiger charge is 2.06. The first kappa shape index (κ1) is 23.3. The minimum absolute atomic E-state index is 0.169. The molecule has 0 bridgehead atoms. The van der Waals surface area contributed by atoms with E-state index in [9.17, 15) is 4.39 Å². The Balaban J connectivity index is 2.55. The van der Waals surface area contributed by atoms with Gasteiger partial charge < -0.3 is 25.2 Å². The standard InChI is InChI=1S/C20H36FN5O/c1-6-22-20(23-10-12-26(4)11-7-13-27-5)24-15-17-8-9-19(21)18(14-17)16-25(2)3/h8-9,14H,6-7,10-13,15-16H2,1-5H3,(H2,22,23,24). The lowest BCUT2D eigenvalue weighted by Crippen LogP contribution is -2.41. The van der Waals surface area contributed by atoms with Crippen molar-refractivity contribution in [1.29, 1.82) is 0 Å². The van der Waals surface area contributed by atoms with Crippen LogP contribution >= 0.6 is 0 Å². The van der Waals surface area contributed by atoms with Gasteiger partial charge in [0.05, 0.1) is 6.54 Å². The summed E-state index contributed by atoms with van der Waals surface area (Å²) in [6.07, 6.45) is 1.03. The van der Waals surface area contributed by atoms with Crippen molar-refractivity contribution < 1.29 is 9.13 Å². The molecule has 0 aliphatic carbocycles. The quantitative estimate of drug-likeness (QED) is 0.329. The number of nitrogens with zero attached hydrogens (tertiary/aromatic N) is 3. The van der Waals surface area contributed by atoms with Crippen LogP contribution in [0.2, 0.25) is 0 Å². The van der Waals surface area contributed by atoms with Crippen LogP contribution in [0.1, 0.15) is 24.5 Å². The molecule has 0 radical (unpaired) electrons. The number of likely N-dealkylation sites (N-methyl/N-ethyl adjacent to an activating group) is 1. The van der Waals surface area contributed by atoms with Gasteiger partial charge in [-0.25, -0.2) is 9.38 Å². The predicted octanol–water partition coefficient (Wildman–Crippen LogP) is 1.91. The van der Waals surface area contributed by atoms with Gasteiger partial charge in [0.25, 0.3) is 0 Å². The molecule has 1 rings (SSSR count). The lowest BCUT2D eigenvalue weighted by molar-refractivity contribution is 0.180. The summed E-state index contributed by atoms with van der Waals surface area (Å²) in [5.41, 5.74) is 1.70. The lowest BCUT2D eigenvalue weighted by Gasteiger charge is -2.18. The number of aliphatic imine (C=N–C) groups is 1. The third-order valence-electron chi connectivity index (χ3n) is 4.03. The fourth-order valence-corrected chi connectivity index (χ4v) is 2.66. The average Bonchev–Trinajstić information content (AvgIpc) is 2.62. The first-order valence-electron chi connectivity index (χ1n) is 9.58. The summed E-state index contributed by atoms with van der Waals surface area (Å²) >= 11 is 0. The maximum atomic E-state index is 13.9. The number of methoxy groups -OCH3 is 1. The maximum Gasteiger partial charge on any atom is 0.191 e. The first-order chi connectivity index (χ1) is 13.0. The van der Waals surface area contributed by atoms with E-state index in [2.05, 4.69) is 27.6 Å². The lowest BCUT2D eigenvalue weighted by atomic mass is 10.1. The number of halogens is 1. The van der Waals surface area contributed by atoms with Crippen LogP contribution in [0, 0.1) is 5.82 Å². The molecule has 0 spiro atoms. The number of hydrogen-bond donors (Lipinski definition) is 2. The van der Waals surface area contributed by atoms with Crippen LogP contribution in [0.15, 0.2) is 23.2 Å². The third-order valence-corrected chi connectivity index (χ3v) is 4.03. The number of ether oxygens (including phenoxy) is 1. The van der Waals surface area contributed by atoms with Gasteiger partial charge in [0.15, 0.2) is 5.96 Å². The number of rotatable bonds is 12. The van der Waals surface area contributed by atoms with Crippen molar-refractivity contribution >= 4 is 5.96 Å². The molecule has 0 aromatic heterocycles. The van der Waals surface area contributed by atoms with Gasteiger partial charge in [0.2, 0.25) is 0 Å². The summed E-state index contributed by atoms with van der Waals surface area (Å²) in [5.74, 6) is 0.610. The van der Waals surface area contributed by atoms with Crippen molar-refractivity contribution in [3.8, 4) is 0 Å². The van der Waals surface area contributed by atoms with E-state index in [0.717, 1.165) is 50.7 Å². The van der Waals surface area contributed by atoms with Crippen molar-refractivity contribution in [1.82, 2.24) is 20.4 Å². The summed E-state index contributed by atoms with van der Waals surface area (Å²) in [5, 5.41) is 6.61. The predicted molar refractivity (Wildman–Crippen MR) is 111 cm³/mol. The van der Waals surface area contributed by atoms with Gasteiger partial charge in [-0.05, 0) is 52.2 Å². The van der Waals surface area contributed by atoms with Crippen LogP contribution < -0.4 is 10.6 Å². The summed E-state index contributed by atoms with van der Waals surface area (Å²) in [7, 11) is 7.70. The van der Waals surface area contributed by atoms with E-state index in [1.54, 1.807) is 13.2 Å². The molecule has 0 saturated heterocycles. The number of hydrogen-bond acceptors (Lipinski definition) is 4. The summed E-state index contributed by atoms with van der Waals surface area (Å²) in [6, 6.07) is 5.22. The van der Waals surface area contributed by atoms with E-state index in [1.165, 1.54) is 6.07 Å². The van der Waals surface area contributed by atoms with Crippen LogP contribution in [0.4, 0.5) is 4.39 Å². The van der Waals surface area contributed by atoms with Gasteiger partial charge in [-0.1, -0.05) is 6.07 Å². The first-order valence-corrected chi connectivity index (χ1v) is 9.58. The molecule has 0 aliphatic heterocycles. The molecular formula is C20H36FN5O. The van der Waals surface area contributed by atoms with Crippen molar-refractivity contribution in [2.24, 2.45) is 4.99 Å². The zero-order valence-corrected chi connectivity index (χ0v) is 17.5. The molecule has 0 amide bonds. The van der Waals surface area contributed by atoms with E-state index in [1.807, 2.05) is 32.0 Å². The molecule has 2 N–H and O–H groups in total. The zero-order chi connectivity index (χ0) is 20.1. The highest BCUT2D eigenvalue weighted by Crippen LogP contribution is 2.13. The minimum Gasteiger partial charge on any atom is -0.385 e. The van der Waals surface area contributed by atoms with Gasteiger partial charge in [0.1, 0.15) is 5.82 Å². The SMILES string of the molecule is CCNC(=NCc1ccc(F)c(CN(C)C)c1)NCCN(C)CCCOC. The third kappa shape index (κ3) is 10.3. The Morgan fingerprint density at radius 1 is 1.19 bits per heavy atom. The second kappa shape index (κ2) is 13.5. The maximum absolute atomic E-state index is 13.9. The van der Waals surface area contributed by atoms with Crippen LogP contribution in [0.3, 0.4) is 0 Å². The largest absolute Gasteiger partial charge is 0.385 e. The zero-order valence-electron chi connectivity index (χ0n) is 17.5. The fraction of sp³-hybridized carbons (Fsp3) is 0.650. The molecule has 0 fully saturated rings. The molecule has 0 unspecified atom stereocenters. The van der Waals surface area contributed by atoms with Crippen molar-refractivity contribution in [2.75, 3.05) is 61.0 Å². The molecule has 1 aromatic carbocycles. The smallest absolute Gasteiger partial charge is 0.191 e. The van der Waals surface area contributed by atoms with Crippen LogP contribution in [0.5, 0.6) is 0 Å². The Hall–Kier alpha value is -1.70. The molecule has 0 heterocycles. The monoisotopic (exact) mass is 381 g/mol. The van der Waals surface area contributed by atoms with Crippen molar-refractivity contribution in [3.05, 3.63) is 35.1 Å². The molecule has 0 saturated carbocycles. The second-order valence-electron chi connectivity index (χ2n) is 6.94. The Morgan fingerprint density at radius 2 is 1.96 bits per heavy atom. The molecule has 6 nitrogen and oxygen atoms in total. The van der Waals surface area contributed by atoms with Gasteiger partial charge in [-0.3, -0.25) is 0 Å². The summed E-state index contributed by atoms with van der Waals surface area (Å²) in [6.45, 7) is 7.47. The average molecular weight is 382 g/mol. The Labute approximate surface area is 163 Å². The number of benzene rings is 1. The molecule has 7 heteroatoms. The molecule has 0 aliphatic rings. The Kier molecular flexibility index (Phi) is 11.6. The normalized spacial score (nSPS) is 12.1. The van der Waals surface area contributed by atoms with Gasteiger partial charge >= 0.3 is 0 Å². The van der Waals surface area contributed by atoms with E-state index < -0.39 is 0 Å². The van der Waals surface area contributed by atoms with Crippen LogP contribution in [-0.4, -0.2) is 76.8 Å². The minimum atomic E-state index is -0.169.